The van der Waals surface area contributed by atoms with Crippen LogP contribution in [0.25, 0.3) is 11.6 Å². The Bertz CT molecular complexity index is 931. The molecule has 3 aromatic rings. The fourth-order valence-electron chi connectivity index (χ4n) is 3.13. The van der Waals surface area contributed by atoms with Gasteiger partial charge in [0.15, 0.2) is 0 Å². The van der Waals surface area contributed by atoms with Gasteiger partial charge in [-0.15, -0.1) is 0 Å². The van der Waals surface area contributed by atoms with Gasteiger partial charge in [-0.2, -0.15) is 0 Å². The number of anilines is 1. The van der Waals surface area contributed by atoms with Crippen LogP contribution in [-0.2, 0) is 11.2 Å². The van der Waals surface area contributed by atoms with Gasteiger partial charge in [-0.25, -0.2) is 0 Å². The number of rotatable bonds is 3. The average molecular weight is 326 g/mol. The fraction of sp³-hybridized carbons (Fsp3) is 0.0909. The molecule has 2 heterocycles. The van der Waals surface area contributed by atoms with E-state index in [0.29, 0.717) is 6.42 Å². The largest absolute Gasteiger partial charge is 0.326 e. The van der Waals surface area contributed by atoms with Gasteiger partial charge in [0.05, 0.1) is 0 Å². The Hall–Kier alpha value is -3.20. The number of nitrogens with zero attached hydrogens (tertiary/aromatic N) is 1. The van der Waals surface area contributed by atoms with Crippen molar-refractivity contribution < 1.29 is 4.79 Å². The van der Waals surface area contributed by atoms with E-state index in [-0.39, 0.29) is 5.91 Å². The molecule has 0 spiro atoms. The predicted octanol–water partition coefficient (Wildman–Crippen LogP) is 4.56. The maximum atomic E-state index is 11.6. The van der Waals surface area contributed by atoms with Gasteiger partial charge in [-0.3, -0.25) is 9.78 Å². The molecule has 1 aliphatic rings. The molecule has 0 fully saturated rings. The van der Waals surface area contributed by atoms with E-state index >= 15 is 0 Å². The van der Waals surface area contributed by atoms with Crippen molar-refractivity contribution in [3.63, 3.8) is 0 Å². The Balaban J connectivity index is 1.82. The Labute approximate surface area is 147 Å². The summed E-state index contributed by atoms with van der Waals surface area (Å²) in [6, 6.07) is 20.6. The van der Waals surface area contributed by atoms with Gasteiger partial charge >= 0.3 is 0 Å². The molecule has 4 rings (SSSR count). The highest BCUT2D eigenvalue weighted by molar-refractivity contribution is 5.96. The number of carbonyl (C=O) groups excluding carboxylic acids is 1. The summed E-state index contributed by atoms with van der Waals surface area (Å²) in [7, 11) is 0. The van der Waals surface area contributed by atoms with Crippen molar-refractivity contribution in [1.29, 1.82) is 0 Å². The van der Waals surface area contributed by atoms with Crippen LogP contribution in [0.5, 0.6) is 0 Å². The Kier molecular flexibility index (Phi) is 4.13. The van der Waals surface area contributed by atoms with Crippen LogP contribution in [0, 0.1) is 0 Å². The first kappa shape index (κ1) is 15.3. The normalized spacial score (nSPS) is 13.9. The lowest BCUT2D eigenvalue weighted by atomic mass is 9.92. The number of nitrogens with one attached hydrogen (secondary N) is 1. The van der Waals surface area contributed by atoms with E-state index in [1.165, 1.54) is 5.56 Å². The van der Waals surface area contributed by atoms with Gasteiger partial charge in [-0.05, 0) is 58.5 Å². The van der Waals surface area contributed by atoms with Gasteiger partial charge in [0, 0.05) is 24.5 Å². The monoisotopic (exact) mass is 326 g/mol. The number of amides is 1. The molecule has 1 N–H and O–H groups in total. The summed E-state index contributed by atoms with van der Waals surface area (Å²) in [5.41, 5.74) is 6.62. The minimum absolute atomic E-state index is 0.0921. The summed E-state index contributed by atoms with van der Waals surface area (Å²) >= 11 is 0. The van der Waals surface area contributed by atoms with Crippen molar-refractivity contribution >= 4 is 23.2 Å². The lowest BCUT2D eigenvalue weighted by Gasteiger charge is -2.18. The molecule has 0 aliphatic carbocycles. The van der Waals surface area contributed by atoms with Crippen molar-refractivity contribution in [3.8, 4) is 0 Å². The second-order valence-electron chi connectivity index (χ2n) is 6.13. The van der Waals surface area contributed by atoms with Gasteiger partial charge < -0.3 is 5.32 Å². The van der Waals surface area contributed by atoms with Crippen molar-refractivity contribution in [1.82, 2.24) is 4.98 Å². The molecule has 3 heteroatoms. The molecule has 25 heavy (non-hydrogen) atoms. The number of aromatic nitrogens is 1. The highest BCUT2D eigenvalue weighted by atomic mass is 16.1. The maximum absolute atomic E-state index is 11.6. The molecule has 1 aromatic heterocycles. The Morgan fingerprint density at radius 3 is 2.64 bits per heavy atom. The summed E-state index contributed by atoms with van der Waals surface area (Å²) in [5.74, 6) is 0.0921. The Morgan fingerprint density at radius 2 is 1.84 bits per heavy atom. The van der Waals surface area contributed by atoms with Gasteiger partial charge in [0.1, 0.15) is 0 Å². The minimum Gasteiger partial charge on any atom is -0.326 e. The van der Waals surface area contributed by atoms with E-state index in [1.54, 1.807) is 6.20 Å². The second-order valence-corrected chi connectivity index (χ2v) is 6.13. The molecule has 1 aliphatic heterocycles. The third-order valence-electron chi connectivity index (χ3n) is 4.39. The number of fused-ring (bicyclic) bond motifs is 1. The average Bonchev–Trinajstić information content (AvgIpc) is 2.67. The quantitative estimate of drug-likeness (QED) is 0.767. The van der Waals surface area contributed by atoms with Crippen LogP contribution in [0.15, 0.2) is 73.1 Å². The van der Waals surface area contributed by atoms with Crippen molar-refractivity contribution in [2.24, 2.45) is 0 Å². The van der Waals surface area contributed by atoms with Gasteiger partial charge in [0.2, 0.25) is 5.91 Å². The number of pyridine rings is 1. The number of hydrogen-bond donors (Lipinski definition) is 1. The SMILES string of the molecule is O=C1CCc2cc(/C(=C\c3cccnc3)c3ccccc3)ccc2N1. The smallest absolute Gasteiger partial charge is 0.224 e. The molecular formula is C22H18N2O. The van der Waals surface area contributed by atoms with E-state index in [4.69, 9.17) is 0 Å². The van der Waals surface area contributed by atoms with E-state index in [0.717, 1.165) is 34.4 Å². The lowest BCUT2D eigenvalue weighted by molar-refractivity contribution is -0.116. The topological polar surface area (TPSA) is 42.0 Å². The van der Waals surface area contributed by atoms with Crippen LogP contribution in [0.4, 0.5) is 5.69 Å². The van der Waals surface area contributed by atoms with Crippen LogP contribution in [-0.4, -0.2) is 10.9 Å². The van der Waals surface area contributed by atoms with Crippen LogP contribution in [0.1, 0.15) is 28.7 Å². The van der Waals surface area contributed by atoms with Crippen LogP contribution in [0.3, 0.4) is 0 Å². The molecule has 0 unspecified atom stereocenters. The number of carbonyl (C=O) groups is 1. The second kappa shape index (κ2) is 6.73. The van der Waals surface area contributed by atoms with E-state index in [2.05, 4.69) is 46.7 Å². The maximum Gasteiger partial charge on any atom is 0.224 e. The molecule has 0 bridgehead atoms. The summed E-state index contributed by atoms with van der Waals surface area (Å²) in [6.07, 6.45) is 7.13. The van der Waals surface area contributed by atoms with Crippen molar-refractivity contribution in [2.45, 2.75) is 12.8 Å². The first-order chi connectivity index (χ1) is 12.3. The van der Waals surface area contributed by atoms with E-state index in [1.807, 2.05) is 36.5 Å². The summed E-state index contributed by atoms with van der Waals surface area (Å²) < 4.78 is 0. The number of hydrogen-bond acceptors (Lipinski definition) is 2. The molecule has 122 valence electrons. The minimum atomic E-state index is 0.0921. The highest BCUT2D eigenvalue weighted by Gasteiger charge is 2.16. The zero-order chi connectivity index (χ0) is 17.1. The molecule has 1 amide bonds. The molecule has 0 saturated heterocycles. The third-order valence-corrected chi connectivity index (χ3v) is 4.39. The molecule has 0 atom stereocenters. The summed E-state index contributed by atoms with van der Waals surface area (Å²) in [6.45, 7) is 0. The van der Waals surface area contributed by atoms with Crippen LogP contribution >= 0.6 is 0 Å². The zero-order valence-electron chi connectivity index (χ0n) is 13.8. The fourth-order valence-corrected chi connectivity index (χ4v) is 3.13. The summed E-state index contributed by atoms with van der Waals surface area (Å²) in [4.78, 5) is 15.8. The standard InChI is InChI=1S/C22H18N2O/c25-22-11-9-19-14-18(8-10-21(19)24-22)20(17-6-2-1-3-7-17)13-16-5-4-12-23-15-16/h1-8,10,12-15H,9,11H2,(H,24,25)/b20-13-. The first-order valence-corrected chi connectivity index (χ1v) is 8.40. The number of benzene rings is 2. The van der Waals surface area contributed by atoms with Crippen molar-refractivity contribution in [2.75, 3.05) is 5.32 Å². The molecule has 2 aromatic carbocycles. The molecule has 3 nitrogen and oxygen atoms in total. The van der Waals surface area contributed by atoms with Crippen LogP contribution in [0.2, 0.25) is 0 Å². The Morgan fingerprint density at radius 1 is 0.960 bits per heavy atom. The molecule has 0 radical (unpaired) electrons. The number of aryl methyl sites for hydroxylation is 1. The third kappa shape index (κ3) is 3.36. The highest BCUT2D eigenvalue weighted by Crippen LogP contribution is 2.31. The first-order valence-electron chi connectivity index (χ1n) is 8.40. The van der Waals surface area contributed by atoms with E-state index < -0.39 is 0 Å². The van der Waals surface area contributed by atoms with Gasteiger partial charge in [0.25, 0.3) is 0 Å². The predicted molar refractivity (Wildman–Crippen MR) is 101 cm³/mol. The van der Waals surface area contributed by atoms with Gasteiger partial charge in [-0.1, -0.05) is 42.5 Å². The lowest BCUT2D eigenvalue weighted by Crippen LogP contribution is -2.18. The van der Waals surface area contributed by atoms with Crippen LogP contribution < -0.4 is 5.32 Å². The molecule has 0 saturated carbocycles. The molecular weight excluding hydrogens is 308 g/mol. The zero-order valence-corrected chi connectivity index (χ0v) is 13.8. The summed E-state index contributed by atoms with van der Waals surface area (Å²) in [5, 5.41) is 2.95. The van der Waals surface area contributed by atoms with Crippen molar-refractivity contribution in [3.05, 3.63) is 95.3 Å². The van der Waals surface area contributed by atoms with E-state index in [9.17, 15) is 4.79 Å².